The zero-order valence-electron chi connectivity index (χ0n) is 13.6. The molecule has 0 bridgehead atoms. The fraction of sp³-hybridized carbons (Fsp3) is 0.824. The third-order valence-electron chi connectivity index (χ3n) is 4.88. The van der Waals surface area contributed by atoms with Crippen molar-refractivity contribution >= 4 is 15.9 Å². The molecule has 0 radical (unpaired) electrons. The van der Waals surface area contributed by atoms with Crippen LogP contribution in [0.15, 0.2) is 4.47 Å². The van der Waals surface area contributed by atoms with E-state index in [9.17, 15) is 0 Å². The molecule has 2 N–H and O–H groups in total. The number of nitrogens with zero attached hydrogens (tertiary/aromatic N) is 2. The van der Waals surface area contributed by atoms with Crippen LogP contribution in [0.5, 0.6) is 0 Å². The molecule has 120 valence electrons. The van der Waals surface area contributed by atoms with E-state index in [4.69, 9.17) is 10.8 Å². The van der Waals surface area contributed by atoms with E-state index in [2.05, 4.69) is 34.5 Å². The van der Waals surface area contributed by atoms with Gasteiger partial charge in [0.05, 0.1) is 15.9 Å². The minimum absolute atomic E-state index is 0.270. The van der Waals surface area contributed by atoms with Crippen LogP contribution in [0.2, 0.25) is 0 Å². The highest BCUT2D eigenvalue weighted by Crippen LogP contribution is 2.28. The summed E-state index contributed by atoms with van der Waals surface area (Å²) in [7, 11) is 0. The van der Waals surface area contributed by atoms with Crippen LogP contribution >= 0.6 is 15.9 Å². The van der Waals surface area contributed by atoms with E-state index in [1.807, 2.05) is 0 Å². The van der Waals surface area contributed by atoms with Crippen LogP contribution in [-0.2, 0) is 19.4 Å². The first kappa shape index (κ1) is 17.0. The van der Waals surface area contributed by atoms with Crippen LogP contribution < -0.4 is 5.73 Å². The number of nitrogens with two attached hydrogens (primary N) is 1. The van der Waals surface area contributed by atoms with Gasteiger partial charge >= 0.3 is 0 Å². The van der Waals surface area contributed by atoms with Gasteiger partial charge in [0.15, 0.2) is 0 Å². The first-order valence-electron chi connectivity index (χ1n) is 8.67. The van der Waals surface area contributed by atoms with Gasteiger partial charge < -0.3 is 5.73 Å². The second kappa shape index (κ2) is 8.33. The molecule has 1 aromatic heterocycles. The van der Waals surface area contributed by atoms with Crippen molar-refractivity contribution in [1.29, 1.82) is 0 Å². The minimum Gasteiger partial charge on any atom is -0.327 e. The van der Waals surface area contributed by atoms with Crippen molar-refractivity contribution < 1.29 is 0 Å². The molecule has 0 aliphatic heterocycles. The summed E-state index contributed by atoms with van der Waals surface area (Å²) < 4.78 is 3.32. The second-order valence-corrected chi connectivity index (χ2v) is 7.14. The van der Waals surface area contributed by atoms with E-state index >= 15 is 0 Å². The maximum Gasteiger partial charge on any atom is 0.0766 e. The lowest BCUT2D eigenvalue weighted by Gasteiger charge is -2.26. The molecular weight excluding hydrogens is 326 g/mol. The molecule has 1 fully saturated rings. The number of aromatic nitrogens is 2. The molecule has 1 unspecified atom stereocenters. The quantitative estimate of drug-likeness (QED) is 0.847. The van der Waals surface area contributed by atoms with E-state index < -0.39 is 0 Å². The predicted molar refractivity (Wildman–Crippen MR) is 92.5 cm³/mol. The SMILES string of the molecule is CCc1nn(CC)c(CC(N)C2CCCCCCC2)c1Br. The third kappa shape index (κ3) is 4.32. The normalized spacial score (nSPS) is 19.2. The zero-order valence-corrected chi connectivity index (χ0v) is 15.2. The van der Waals surface area contributed by atoms with E-state index in [0.29, 0.717) is 5.92 Å². The molecule has 1 aromatic rings. The summed E-state index contributed by atoms with van der Waals surface area (Å²) in [6.45, 7) is 5.24. The van der Waals surface area contributed by atoms with Gasteiger partial charge in [-0.15, -0.1) is 0 Å². The third-order valence-corrected chi connectivity index (χ3v) is 5.79. The first-order chi connectivity index (χ1) is 10.2. The summed E-state index contributed by atoms with van der Waals surface area (Å²) in [6.07, 6.45) is 11.4. The van der Waals surface area contributed by atoms with Crippen molar-refractivity contribution in [2.75, 3.05) is 0 Å². The van der Waals surface area contributed by atoms with Gasteiger partial charge in [-0.1, -0.05) is 39.0 Å². The molecule has 1 aliphatic rings. The Balaban J connectivity index is 2.07. The number of aryl methyl sites for hydroxylation is 2. The lowest BCUT2D eigenvalue weighted by molar-refractivity contribution is 0.318. The highest BCUT2D eigenvalue weighted by Gasteiger charge is 2.23. The van der Waals surface area contributed by atoms with Crippen LogP contribution in [0, 0.1) is 5.92 Å². The Kier molecular flexibility index (Phi) is 6.74. The van der Waals surface area contributed by atoms with Gasteiger partial charge in [-0.05, 0) is 48.0 Å². The average molecular weight is 356 g/mol. The number of hydrogen-bond acceptors (Lipinski definition) is 2. The number of halogens is 1. The standard InChI is InChI=1S/C17H30BrN3/c1-3-15-17(18)16(21(4-2)20-15)12-14(19)13-10-8-6-5-7-9-11-13/h13-14H,3-12,19H2,1-2H3. The molecule has 0 amide bonds. The molecule has 0 saturated heterocycles. The maximum absolute atomic E-state index is 6.58. The van der Waals surface area contributed by atoms with E-state index in [1.54, 1.807) is 0 Å². The number of hydrogen-bond donors (Lipinski definition) is 1. The largest absolute Gasteiger partial charge is 0.327 e. The monoisotopic (exact) mass is 355 g/mol. The maximum atomic E-state index is 6.58. The fourth-order valence-corrected chi connectivity index (χ4v) is 4.24. The van der Waals surface area contributed by atoms with Crippen LogP contribution in [0.3, 0.4) is 0 Å². The van der Waals surface area contributed by atoms with Crippen molar-refractivity contribution in [1.82, 2.24) is 9.78 Å². The van der Waals surface area contributed by atoms with E-state index in [0.717, 1.165) is 25.1 Å². The first-order valence-corrected chi connectivity index (χ1v) is 9.46. The van der Waals surface area contributed by atoms with E-state index in [-0.39, 0.29) is 6.04 Å². The Hall–Kier alpha value is -0.350. The summed E-state index contributed by atoms with van der Waals surface area (Å²) in [4.78, 5) is 0. The molecule has 21 heavy (non-hydrogen) atoms. The second-order valence-electron chi connectivity index (χ2n) is 6.35. The van der Waals surface area contributed by atoms with Gasteiger partial charge in [-0.25, -0.2) is 0 Å². The van der Waals surface area contributed by atoms with Crippen molar-refractivity contribution in [2.45, 2.75) is 84.2 Å². The summed E-state index contributed by atoms with van der Waals surface area (Å²) in [5.74, 6) is 0.683. The molecule has 1 aliphatic carbocycles. The van der Waals surface area contributed by atoms with Gasteiger partial charge in [0.1, 0.15) is 0 Å². The van der Waals surface area contributed by atoms with E-state index in [1.165, 1.54) is 55.1 Å². The van der Waals surface area contributed by atoms with Gasteiger partial charge in [0, 0.05) is 19.0 Å². The molecule has 0 spiro atoms. The van der Waals surface area contributed by atoms with Crippen molar-refractivity contribution in [3.63, 3.8) is 0 Å². The van der Waals surface area contributed by atoms with Crippen molar-refractivity contribution in [3.8, 4) is 0 Å². The van der Waals surface area contributed by atoms with Crippen LogP contribution in [-0.4, -0.2) is 15.8 Å². The van der Waals surface area contributed by atoms with Gasteiger partial charge in [-0.2, -0.15) is 5.10 Å². The molecule has 1 heterocycles. The summed E-state index contributed by atoms with van der Waals surface area (Å²) in [5, 5.41) is 4.69. The Morgan fingerprint density at radius 1 is 1.19 bits per heavy atom. The zero-order chi connectivity index (χ0) is 15.2. The Morgan fingerprint density at radius 3 is 2.38 bits per heavy atom. The summed E-state index contributed by atoms with van der Waals surface area (Å²) in [6, 6.07) is 0.270. The molecule has 4 heteroatoms. The van der Waals surface area contributed by atoms with Crippen LogP contribution in [0.25, 0.3) is 0 Å². The predicted octanol–water partition coefficient (Wildman–Crippen LogP) is 4.46. The number of rotatable bonds is 5. The smallest absolute Gasteiger partial charge is 0.0766 e. The lowest BCUT2D eigenvalue weighted by atomic mass is 9.84. The molecule has 2 rings (SSSR count). The fourth-order valence-electron chi connectivity index (χ4n) is 3.52. The summed E-state index contributed by atoms with van der Waals surface area (Å²) >= 11 is 3.74. The van der Waals surface area contributed by atoms with Crippen molar-refractivity contribution in [3.05, 3.63) is 15.9 Å². The van der Waals surface area contributed by atoms with Crippen molar-refractivity contribution in [2.24, 2.45) is 11.7 Å². The molecule has 0 aromatic carbocycles. The summed E-state index contributed by atoms with van der Waals surface area (Å²) in [5.41, 5.74) is 9.04. The van der Waals surface area contributed by atoms with Crippen LogP contribution in [0.1, 0.15) is 70.2 Å². The lowest BCUT2D eigenvalue weighted by Crippen LogP contribution is -2.33. The van der Waals surface area contributed by atoms with Gasteiger partial charge in [0.25, 0.3) is 0 Å². The topological polar surface area (TPSA) is 43.8 Å². The Bertz CT molecular complexity index is 433. The average Bonchev–Trinajstić information content (AvgIpc) is 2.74. The molecule has 3 nitrogen and oxygen atoms in total. The Labute approximate surface area is 137 Å². The van der Waals surface area contributed by atoms with Gasteiger partial charge in [0.2, 0.25) is 0 Å². The molecule has 1 atom stereocenters. The highest BCUT2D eigenvalue weighted by molar-refractivity contribution is 9.10. The van der Waals surface area contributed by atoms with Gasteiger partial charge in [-0.3, -0.25) is 4.68 Å². The minimum atomic E-state index is 0.270. The molecule has 1 saturated carbocycles. The molecular formula is C17H30BrN3. The van der Waals surface area contributed by atoms with Crippen LogP contribution in [0.4, 0.5) is 0 Å². The highest BCUT2D eigenvalue weighted by atomic mass is 79.9. The Morgan fingerprint density at radius 2 is 1.81 bits per heavy atom.